The van der Waals surface area contributed by atoms with E-state index in [1.807, 2.05) is 54.6 Å². The monoisotopic (exact) mass is 415 g/mol. The molecule has 6 nitrogen and oxygen atoms in total. The average Bonchev–Trinajstić information content (AvgIpc) is 2.64. The lowest BCUT2D eigenvalue weighted by molar-refractivity contribution is -0.125. The van der Waals surface area contributed by atoms with Gasteiger partial charge >= 0.3 is 6.03 Å². The van der Waals surface area contributed by atoms with E-state index >= 15 is 0 Å². The van der Waals surface area contributed by atoms with Gasteiger partial charge < -0.3 is 10.2 Å². The van der Waals surface area contributed by atoms with Gasteiger partial charge in [-0.05, 0) is 23.3 Å². The van der Waals surface area contributed by atoms with Crippen LogP contribution in [0.15, 0.2) is 59.1 Å². The van der Waals surface area contributed by atoms with Crippen molar-refractivity contribution in [2.45, 2.75) is 12.5 Å². The van der Waals surface area contributed by atoms with Crippen LogP contribution in [-0.2, 0) is 9.59 Å². The van der Waals surface area contributed by atoms with Crippen LogP contribution < -0.4 is 10.6 Å². The maximum absolute atomic E-state index is 12.5. The predicted molar refractivity (Wildman–Crippen MR) is 100 cm³/mol. The van der Waals surface area contributed by atoms with Gasteiger partial charge in [0.05, 0.1) is 6.04 Å². The Morgan fingerprint density at radius 2 is 1.73 bits per heavy atom. The molecule has 1 fully saturated rings. The number of halogens is 1. The van der Waals surface area contributed by atoms with Crippen molar-refractivity contribution >= 4 is 33.8 Å². The molecular formula is C19H18BrN3O3. The molecule has 1 atom stereocenters. The second-order valence-electron chi connectivity index (χ2n) is 5.99. The predicted octanol–water partition coefficient (Wildman–Crippen LogP) is 2.60. The quantitative estimate of drug-likeness (QED) is 0.787. The first-order chi connectivity index (χ1) is 12.5. The second-order valence-corrected chi connectivity index (χ2v) is 6.90. The molecule has 1 aliphatic rings. The smallest absolute Gasteiger partial charge is 0.324 e. The van der Waals surface area contributed by atoms with Gasteiger partial charge in [-0.3, -0.25) is 14.9 Å². The molecule has 2 N–H and O–H groups in total. The highest BCUT2D eigenvalue weighted by Gasteiger charge is 2.26. The van der Waals surface area contributed by atoms with Crippen molar-refractivity contribution in [1.82, 2.24) is 15.5 Å². The highest BCUT2D eigenvalue weighted by atomic mass is 79.9. The molecular weight excluding hydrogens is 398 g/mol. The van der Waals surface area contributed by atoms with Crippen molar-refractivity contribution in [3.63, 3.8) is 0 Å². The Labute approximate surface area is 159 Å². The van der Waals surface area contributed by atoms with Crippen molar-refractivity contribution in [3.05, 3.63) is 70.2 Å². The molecule has 26 heavy (non-hydrogen) atoms. The molecule has 0 aliphatic carbocycles. The van der Waals surface area contributed by atoms with Gasteiger partial charge in [-0.1, -0.05) is 58.4 Å². The number of imide groups is 1. The van der Waals surface area contributed by atoms with Crippen LogP contribution >= 0.6 is 15.9 Å². The van der Waals surface area contributed by atoms with Crippen LogP contribution in [0.25, 0.3) is 0 Å². The minimum atomic E-state index is -0.531. The largest absolute Gasteiger partial charge is 0.344 e. The van der Waals surface area contributed by atoms with Gasteiger partial charge in [0.2, 0.25) is 11.8 Å². The average molecular weight is 416 g/mol. The van der Waals surface area contributed by atoms with Crippen molar-refractivity contribution in [2.75, 3.05) is 13.1 Å². The fourth-order valence-corrected chi connectivity index (χ4v) is 3.05. The molecule has 0 bridgehead atoms. The topological polar surface area (TPSA) is 78.5 Å². The van der Waals surface area contributed by atoms with E-state index in [-0.39, 0.29) is 37.4 Å². The van der Waals surface area contributed by atoms with Crippen LogP contribution in [0.2, 0.25) is 0 Å². The fourth-order valence-electron chi connectivity index (χ4n) is 2.79. The number of urea groups is 1. The van der Waals surface area contributed by atoms with Gasteiger partial charge in [-0.25, -0.2) is 4.79 Å². The highest BCUT2D eigenvalue weighted by Crippen LogP contribution is 2.23. The molecule has 0 aromatic heterocycles. The van der Waals surface area contributed by atoms with Crippen molar-refractivity contribution in [1.29, 1.82) is 0 Å². The van der Waals surface area contributed by atoms with Crippen LogP contribution in [0, 0.1) is 0 Å². The maximum Gasteiger partial charge on any atom is 0.324 e. The standard InChI is InChI=1S/C19H18BrN3O3/c20-15-8-6-14(7-9-15)18(13-4-2-1-3-5-13)21-17(25)12-23-11-10-16(24)22-19(23)26/h1-9,18H,10-12H2,(H,21,25)(H,22,24,26)/t18-/m1/s1. The molecule has 4 amide bonds. The summed E-state index contributed by atoms with van der Waals surface area (Å²) in [5, 5.41) is 5.21. The molecule has 134 valence electrons. The number of hydrogen-bond donors (Lipinski definition) is 2. The maximum atomic E-state index is 12.5. The van der Waals surface area contributed by atoms with E-state index in [0.29, 0.717) is 0 Å². The van der Waals surface area contributed by atoms with Crippen LogP contribution in [0.3, 0.4) is 0 Å². The van der Waals surface area contributed by atoms with E-state index in [9.17, 15) is 14.4 Å². The molecule has 0 saturated carbocycles. The first-order valence-corrected chi connectivity index (χ1v) is 9.01. The van der Waals surface area contributed by atoms with Gasteiger partial charge in [0, 0.05) is 17.4 Å². The second kappa shape index (κ2) is 8.14. The van der Waals surface area contributed by atoms with E-state index in [2.05, 4.69) is 26.6 Å². The molecule has 0 unspecified atom stereocenters. The molecule has 7 heteroatoms. The van der Waals surface area contributed by atoms with Crippen LogP contribution in [0.4, 0.5) is 4.79 Å². The lowest BCUT2D eigenvalue weighted by Gasteiger charge is -2.27. The van der Waals surface area contributed by atoms with Gasteiger partial charge in [0.1, 0.15) is 6.54 Å². The molecule has 3 rings (SSSR count). The summed E-state index contributed by atoms with van der Waals surface area (Å²) in [6, 6.07) is 16.5. The zero-order valence-corrected chi connectivity index (χ0v) is 15.5. The number of nitrogens with one attached hydrogen (secondary N) is 2. The summed E-state index contributed by atoms with van der Waals surface area (Å²) in [4.78, 5) is 36.9. The zero-order chi connectivity index (χ0) is 18.5. The Balaban J connectivity index is 1.75. The number of nitrogens with zero attached hydrogens (tertiary/aromatic N) is 1. The van der Waals surface area contributed by atoms with Gasteiger partial charge in [-0.2, -0.15) is 0 Å². The highest BCUT2D eigenvalue weighted by molar-refractivity contribution is 9.10. The van der Waals surface area contributed by atoms with Gasteiger partial charge in [-0.15, -0.1) is 0 Å². The van der Waals surface area contributed by atoms with E-state index < -0.39 is 6.03 Å². The lowest BCUT2D eigenvalue weighted by atomic mass is 9.98. The third-order valence-electron chi connectivity index (χ3n) is 4.12. The SMILES string of the molecule is O=C1CCN(CC(=O)N[C@H](c2ccccc2)c2ccc(Br)cc2)C(=O)N1. The number of carbonyl (C=O) groups is 3. The first-order valence-electron chi connectivity index (χ1n) is 8.21. The Hall–Kier alpha value is -2.67. The number of benzene rings is 2. The molecule has 0 radical (unpaired) electrons. The fraction of sp³-hybridized carbons (Fsp3) is 0.211. The zero-order valence-electron chi connectivity index (χ0n) is 13.9. The number of amides is 4. The Bertz CT molecular complexity index is 809. The Morgan fingerprint density at radius 3 is 2.38 bits per heavy atom. The lowest BCUT2D eigenvalue weighted by Crippen LogP contribution is -2.52. The number of rotatable bonds is 5. The van der Waals surface area contributed by atoms with Crippen molar-refractivity contribution < 1.29 is 14.4 Å². The molecule has 2 aromatic carbocycles. The van der Waals surface area contributed by atoms with E-state index in [1.165, 1.54) is 4.90 Å². The summed E-state index contributed by atoms with van der Waals surface area (Å²) in [5.74, 6) is -0.602. The number of hydrogen-bond acceptors (Lipinski definition) is 3. The Morgan fingerprint density at radius 1 is 1.08 bits per heavy atom. The third kappa shape index (κ3) is 4.49. The van der Waals surface area contributed by atoms with Crippen LogP contribution in [0.1, 0.15) is 23.6 Å². The summed E-state index contributed by atoms with van der Waals surface area (Å²) in [6.45, 7) is 0.144. The van der Waals surface area contributed by atoms with E-state index in [1.54, 1.807) is 0 Å². The van der Waals surface area contributed by atoms with Crippen LogP contribution in [-0.4, -0.2) is 35.8 Å². The molecule has 1 saturated heterocycles. The molecule has 0 spiro atoms. The van der Waals surface area contributed by atoms with E-state index in [0.717, 1.165) is 15.6 Å². The van der Waals surface area contributed by atoms with Gasteiger partial charge in [0.25, 0.3) is 0 Å². The summed E-state index contributed by atoms with van der Waals surface area (Å²) < 4.78 is 0.953. The minimum absolute atomic E-state index is 0.0982. The normalized spacial score (nSPS) is 15.3. The molecule has 2 aromatic rings. The van der Waals surface area contributed by atoms with Gasteiger partial charge in [0.15, 0.2) is 0 Å². The summed E-state index contributed by atoms with van der Waals surface area (Å²) in [5.41, 5.74) is 1.88. The van der Waals surface area contributed by atoms with Crippen molar-refractivity contribution in [3.8, 4) is 0 Å². The third-order valence-corrected chi connectivity index (χ3v) is 4.65. The summed E-state index contributed by atoms with van der Waals surface area (Å²) in [7, 11) is 0. The minimum Gasteiger partial charge on any atom is -0.344 e. The number of carbonyl (C=O) groups excluding carboxylic acids is 3. The molecule has 1 aliphatic heterocycles. The summed E-state index contributed by atoms with van der Waals surface area (Å²) >= 11 is 3.41. The first kappa shape index (κ1) is 18.1. The van der Waals surface area contributed by atoms with Crippen LogP contribution in [0.5, 0.6) is 0 Å². The summed E-state index contributed by atoms with van der Waals surface area (Å²) in [6.07, 6.45) is 0.202. The van der Waals surface area contributed by atoms with E-state index in [4.69, 9.17) is 0 Å². The van der Waals surface area contributed by atoms with Crippen molar-refractivity contribution in [2.24, 2.45) is 0 Å². The molecule has 1 heterocycles. The Kier molecular flexibility index (Phi) is 5.68.